The van der Waals surface area contributed by atoms with Crippen LogP contribution in [0, 0.1) is 0 Å². The number of unbranched alkanes of at least 4 members (excludes halogenated alkanes) is 32. The van der Waals surface area contributed by atoms with E-state index in [4.69, 9.17) is 18.9 Å². The van der Waals surface area contributed by atoms with Gasteiger partial charge in [0.25, 0.3) is 6.29 Å². The Morgan fingerprint density at radius 1 is 0.403 bits per heavy atom. The van der Waals surface area contributed by atoms with Gasteiger partial charge in [-0.3, -0.25) is 9.59 Å². The number of carbonyl (C=O) groups excluding carboxylic acids is 2. The summed E-state index contributed by atoms with van der Waals surface area (Å²) in [6.45, 7) is 4.68. The Bertz CT molecular complexity index is 1490. The molecule has 0 aliphatic rings. The number of carboxylic acids is 1. The smallest absolute Gasteiger partial charge is 0.361 e. The number of likely N-dealkylation sites (N-methyl/N-ethyl adjacent to an activating group) is 1. The normalized spacial score (nSPS) is 13.2. The highest BCUT2D eigenvalue weighted by Gasteiger charge is 2.25. The monoisotopic (exact) mass is 1080 g/mol. The maximum atomic E-state index is 12.8. The molecule has 0 spiro atoms. The maximum absolute atomic E-state index is 12.8. The number of nitrogens with zero attached hydrogens (tertiary/aromatic N) is 1. The summed E-state index contributed by atoms with van der Waals surface area (Å²) in [6.07, 6.45) is 74.9. The molecule has 9 nitrogen and oxygen atoms in total. The van der Waals surface area contributed by atoms with Crippen molar-refractivity contribution >= 4 is 17.9 Å². The average molecular weight is 1080 g/mol. The van der Waals surface area contributed by atoms with Crippen LogP contribution in [0.5, 0.6) is 0 Å². The number of carbonyl (C=O) groups is 3. The Balaban J connectivity index is 3.93. The van der Waals surface area contributed by atoms with E-state index in [2.05, 4.69) is 74.6 Å². The van der Waals surface area contributed by atoms with Gasteiger partial charge in [-0.25, -0.2) is 4.79 Å². The molecule has 1 N–H and O–H groups in total. The second kappa shape index (κ2) is 58.9. The molecule has 2 atom stereocenters. The van der Waals surface area contributed by atoms with Crippen molar-refractivity contribution in [2.24, 2.45) is 0 Å². The molecule has 0 heterocycles. The molecule has 0 aromatic heterocycles. The van der Waals surface area contributed by atoms with E-state index in [0.717, 1.165) is 51.4 Å². The molecule has 0 aliphatic carbocycles. The third kappa shape index (κ3) is 60.2. The van der Waals surface area contributed by atoms with Crippen molar-refractivity contribution in [3.8, 4) is 0 Å². The first-order chi connectivity index (χ1) is 37.6. The highest BCUT2D eigenvalue weighted by Crippen LogP contribution is 2.17. The number of carboxylic acid groups (broad SMARTS) is 1. The molecule has 0 saturated carbocycles. The Morgan fingerprint density at radius 2 is 0.766 bits per heavy atom. The van der Waals surface area contributed by atoms with Gasteiger partial charge in [-0.2, -0.15) is 0 Å². The number of quaternary nitrogens is 1. The van der Waals surface area contributed by atoms with Gasteiger partial charge in [0.15, 0.2) is 6.10 Å². The molecule has 0 aromatic rings. The molecule has 2 unspecified atom stereocenters. The predicted octanol–water partition coefficient (Wildman–Crippen LogP) is 19.4. The second-order valence-corrected chi connectivity index (χ2v) is 22.7. The molecule has 0 amide bonds. The molecule has 0 radical (unpaired) electrons. The topological polar surface area (TPSA) is 108 Å². The predicted molar refractivity (Wildman–Crippen MR) is 327 cm³/mol. The van der Waals surface area contributed by atoms with Gasteiger partial charge in [-0.15, -0.1) is 0 Å². The highest BCUT2D eigenvalue weighted by molar-refractivity contribution is 5.71. The highest BCUT2D eigenvalue weighted by atomic mass is 16.7. The number of allylic oxidation sites excluding steroid dienone is 12. The van der Waals surface area contributed by atoms with Crippen LogP contribution in [0.4, 0.5) is 0 Å². The fourth-order valence-electron chi connectivity index (χ4n) is 9.06. The fourth-order valence-corrected chi connectivity index (χ4v) is 9.06. The van der Waals surface area contributed by atoms with Crippen LogP contribution in [0.15, 0.2) is 72.9 Å². The molecule has 446 valence electrons. The SMILES string of the molecule is CC/C=C\C/C=C\C/C=C\C/C=C\CCC(=O)OC(COC(=O)CCCCCCCCCCCCCCCCCCCCCCCCCCCCC/C=C\C/C=C\CCCCCCC)COC(OCC[N+](C)(C)C)C(=O)O. The first kappa shape index (κ1) is 73.7. The van der Waals surface area contributed by atoms with E-state index in [1.54, 1.807) is 0 Å². The summed E-state index contributed by atoms with van der Waals surface area (Å²) >= 11 is 0. The third-order valence-corrected chi connectivity index (χ3v) is 14.0. The van der Waals surface area contributed by atoms with Crippen LogP contribution in [0.1, 0.15) is 284 Å². The Morgan fingerprint density at radius 3 is 1.16 bits per heavy atom. The van der Waals surface area contributed by atoms with Crippen LogP contribution in [0.25, 0.3) is 0 Å². The van der Waals surface area contributed by atoms with Crippen molar-refractivity contribution in [2.45, 2.75) is 296 Å². The molecule has 0 saturated heterocycles. The lowest BCUT2D eigenvalue weighted by molar-refractivity contribution is -0.870. The van der Waals surface area contributed by atoms with E-state index in [1.807, 2.05) is 33.3 Å². The van der Waals surface area contributed by atoms with E-state index in [1.165, 1.54) is 199 Å². The summed E-state index contributed by atoms with van der Waals surface area (Å²) in [6, 6.07) is 0. The number of ether oxygens (including phenoxy) is 4. The van der Waals surface area contributed by atoms with Crippen molar-refractivity contribution in [2.75, 3.05) is 47.5 Å². The van der Waals surface area contributed by atoms with Gasteiger partial charge >= 0.3 is 17.9 Å². The fraction of sp³-hybridized carbons (Fsp3) is 0.779. The van der Waals surface area contributed by atoms with Gasteiger partial charge in [0.1, 0.15) is 13.2 Å². The van der Waals surface area contributed by atoms with Crippen LogP contribution in [0.3, 0.4) is 0 Å². The minimum absolute atomic E-state index is 0.138. The number of hydrogen-bond donors (Lipinski definition) is 1. The molecular weight excluding hydrogens is 959 g/mol. The van der Waals surface area contributed by atoms with Crippen LogP contribution in [-0.2, 0) is 33.3 Å². The van der Waals surface area contributed by atoms with E-state index in [-0.39, 0.29) is 38.6 Å². The minimum Gasteiger partial charge on any atom is -0.477 e. The molecule has 0 rings (SSSR count). The van der Waals surface area contributed by atoms with Crippen molar-refractivity contribution in [1.82, 2.24) is 0 Å². The molecule has 0 fully saturated rings. The lowest BCUT2D eigenvalue weighted by atomic mass is 10.0. The summed E-state index contributed by atoms with van der Waals surface area (Å²) in [5.74, 6) is -2.11. The molecular formula is C68H122NO8+. The maximum Gasteiger partial charge on any atom is 0.361 e. The number of hydrogen-bond acceptors (Lipinski definition) is 7. The van der Waals surface area contributed by atoms with Crippen molar-refractivity contribution in [3.63, 3.8) is 0 Å². The van der Waals surface area contributed by atoms with E-state index in [9.17, 15) is 19.5 Å². The zero-order valence-corrected chi connectivity index (χ0v) is 50.9. The Labute approximate surface area is 475 Å². The molecule has 0 aromatic carbocycles. The quantitative estimate of drug-likeness (QED) is 0.0211. The van der Waals surface area contributed by atoms with E-state index >= 15 is 0 Å². The summed E-state index contributed by atoms with van der Waals surface area (Å²) in [5.41, 5.74) is 0. The Kier molecular flexibility index (Phi) is 56.4. The number of aliphatic carboxylic acids is 1. The largest absolute Gasteiger partial charge is 0.477 e. The van der Waals surface area contributed by atoms with Crippen LogP contribution in [-0.4, -0.2) is 87.4 Å². The van der Waals surface area contributed by atoms with Gasteiger partial charge in [0, 0.05) is 12.8 Å². The van der Waals surface area contributed by atoms with Gasteiger partial charge < -0.3 is 28.5 Å². The van der Waals surface area contributed by atoms with Crippen LogP contribution >= 0.6 is 0 Å². The van der Waals surface area contributed by atoms with E-state index < -0.39 is 24.3 Å². The minimum atomic E-state index is -1.53. The zero-order chi connectivity index (χ0) is 56.2. The lowest BCUT2D eigenvalue weighted by Gasteiger charge is -2.25. The second-order valence-electron chi connectivity index (χ2n) is 22.7. The summed E-state index contributed by atoms with van der Waals surface area (Å²) < 4.78 is 22.7. The van der Waals surface area contributed by atoms with E-state index in [0.29, 0.717) is 17.4 Å². The van der Waals surface area contributed by atoms with Gasteiger partial charge in [0.05, 0.1) is 34.4 Å². The van der Waals surface area contributed by atoms with Crippen molar-refractivity contribution < 1.29 is 42.9 Å². The summed E-state index contributed by atoms with van der Waals surface area (Å²) in [5, 5.41) is 9.68. The van der Waals surface area contributed by atoms with Crippen LogP contribution < -0.4 is 0 Å². The lowest BCUT2D eigenvalue weighted by Crippen LogP contribution is -2.40. The van der Waals surface area contributed by atoms with Gasteiger partial charge in [0.2, 0.25) is 0 Å². The average Bonchev–Trinajstić information content (AvgIpc) is 3.40. The Hall–Kier alpha value is -3.27. The molecule has 0 bridgehead atoms. The first-order valence-corrected chi connectivity index (χ1v) is 32.1. The molecule has 77 heavy (non-hydrogen) atoms. The first-order valence-electron chi connectivity index (χ1n) is 32.1. The van der Waals surface area contributed by atoms with Gasteiger partial charge in [-0.05, 0) is 70.6 Å². The van der Waals surface area contributed by atoms with Crippen molar-refractivity contribution in [1.29, 1.82) is 0 Å². The number of esters is 2. The number of rotatable bonds is 59. The van der Waals surface area contributed by atoms with Crippen LogP contribution in [0.2, 0.25) is 0 Å². The zero-order valence-electron chi connectivity index (χ0n) is 50.9. The molecule has 0 aliphatic heterocycles. The molecule has 9 heteroatoms. The summed E-state index contributed by atoms with van der Waals surface area (Å²) in [7, 11) is 5.94. The summed E-state index contributed by atoms with van der Waals surface area (Å²) in [4.78, 5) is 37.3. The van der Waals surface area contributed by atoms with Gasteiger partial charge in [-0.1, -0.05) is 273 Å². The van der Waals surface area contributed by atoms with Crippen molar-refractivity contribution in [3.05, 3.63) is 72.9 Å². The third-order valence-electron chi connectivity index (χ3n) is 14.0. The standard InChI is InChI=1S/C68H121NO8/c1-6-8-10-12-14-16-18-20-21-22-23-24-25-26-27-28-29-30-31-32-33-34-35-36-37-38-39-40-41-42-43-44-45-47-48-50-52-54-56-58-65(70)75-62-64(63-76-68(67(72)73)74-61-60-69(3,4)5)77-66(71)59-57-55-53-51-49-46-19-17-15-13-11-9-7-2/h9,11,15,17-18,20,22-23,46,49,53,55,64,68H,6-8,10,12-14,16,19,21,24-45,47-48,50-52,54,56-63H2,1-5H3/p+1/b11-9-,17-15-,20-18-,23-22-,49-46-,55-53-.